The number of nitrogens with one attached hydrogen (secondary N) is 1. The highest BCUT2D eigenvalue weighted by atomic mass is 32.1. The van der Waals surface area contributed by atoms with Gasteiger partial charge in [-0.2, -0.15) is 0 Å². The molecule has 144 valence electrons. The number of aryl methyl sites for hydroxylation is 1. The number of anilines is 1. The van der Waals surface area contributed by atoms with E-state index in [4.69, 9.17) is 0 Å². The molecule has 0 aliphatic carbocycles. The standard InChI is InChI=1S/C21H29N5S/c1-16-24-19(15-27-16)14-25-10-7-17(8-11-25)13-23-21(22-2)26-12-9-18-5-3-4-6-20(18)26/h3-6,15,17H,7-14H2,1-2H3,(H,22,23). The Balaban J connectivity index is 1.26. The Morgan fingerprint density at radius 3 is 2.81 bits per heavy atom. The third-order valence-corrected chi connectivity index (χ3v) is 6.49. The first-order chi connectivity index (χ1) is 13.2. The Bertz CT molecular complexity index is 791. The van der Waals surface area contributed by atoms with Crippen molar-refractivity contribution in [2.45, 2.75) is 32.7 Å². The molecule has 0 amide bonds. The van der Waals surface area contributed by atoms with Crippen LogP contribution in [0.1, 0.15) is 29.1 Å². The number of hydrogen-bond acceptors (Lipinski definition) is 4. The molecular formula is C21H29N5S. The molecule has 0 spiro atoms. The molecule has 0 radical (unpaired) electrons. The van der Waals surface area contributed by atoms with Gasteiger partial charge in [-0.15, -0.1) is 11.3 Å². The second-order valence-corrected chi connectivity index (χ2v) is 8.60. The van der Waals surface area contributed by atoms with Crippen LogP contribution in [0.15, 0.2) is 34.6 Å². The lowest BCUT2D eigenvalue weighted by molar-refractivity contribution is 0.176. The fourth-order valence-electron chi connectivity index (χ4n) is 4.15. The molecule has 0 saturated carbocycles. The summed E-state index contributed by atoms with van der Waals surface area (Å²) >= 11 is 1.75. The number of rotatable bonds is 4. The highest BCUT2D eigenvalue weighted by Crippen LogP contribution is 2.27. The van der Waals surface area contributed by atoms with Crippen LogP contribution in [0.25, 0.3) is 0 Å². The summed E-state index contributed by atoms with van der Waals surface area (Å²) in [6, 6.07) is 8.67. The average Bonchev–Trinajstić information content (AvgIpc) is 3.30. The smallest absolute Gasteiger partial charge is 0.198 e. The molecule has 1 saturated heterocycles. The van der Waals surface area contributed by atoms with Gasteiger partial charge in [-0.1, -0.05) is 18.2 Å². The molecule has 0 unspecified atom stereocenters. The number of aromatic nitrogens is 1. The number of benzene rings is 1. The van der Waals surface area contributed by atoms with Gasteiger partial charge < -0.3 is 10.2 Å². The molecule has 2 aromatic rings. The van der Waals surface area contributed by atoms with E-state index in [-0.39, 0.29) is 0 Å². The molecular weight excluding hydrogens is 354 g/mol. The fourth-order valence-corrected chi connectivity index (χ4v) is 4.75. The van der Waals surface area contributed by atoms with Crippen molar-refractivity contribution >= 4 is 23.0 Å². The van der Waals surface area contributed by atoms with Gasteiger partial charge in [-0.25, -0.2) is 4.98 Å². The molecule has 2 aliphatic heterocycles. The van der Waals surface area contributed by atoms with E-state index in [0.29, 0.717) is 5.92 Å². The average molecular weight is 384 g/mol. The number of nitrogens with zero attached hydrogens (tertiary/aromatic N) is 4. The topological polar surface area (TPSA) is 43.8 Å². The van der Waals surface area contributed by atoms with Crippen molar-refractivity contribution in [2.24, 2.45) is 10.9 Å². The third kappa shape index (κ3) is 4.33. The van der Waals surface area contributed by atoms with Gasteiger partial charge in [0.1, 0.15) is 0 Å². The summed E-state index contributed by atoms with van der Waals surface area (Å²) in [5.74, 6) is 1.73. The largest absolute Gasteiger partial charge is 0.356 e. The zero-order chi connectivity index (χ0) is 18.6. The van der Waals surface area contributed by atoms with Crippen LogP contribution in [-0.4, -0.2) is 49.1 Å². The molecule has 4 rings (SSSR count). The Morgan fingerprint density at radius 2 is 2.07 bits per heavy atom. The predicted octanol–water partition coefficient (Wildman–Crippen LogP) is 3.30. The van der Waals surface area contributed by atoms with Crippen LogP contribution >= 0.6 is 11.3 Å². The summed E-state index contributed by atoms with van der Waals surface area (Å²) in [5.41, 5.74) is 3.95. The van der Waals surface area contributed by atoms with Crippen LogP contribution < -0.4 is 10.2 Å². The fraction of sp³-hybridized carbons (Fsp3) is 0.524. The maximum Gasteiger partial charge on any atom is 0.198 e. The highest BCUT2D eigenvalue weighted by molar-refractivity contribution is 7.09. The number of likely N-dealkylation sites (tertiary alicyclic amines) is 1. The molecule has 27 heavy (non-hydrogen) atoms. The zero-order valence-electron chi connectivity index (χ0n) is 16.3. The van der Waals surface area contributed by atoms with Gasteiger partial charge in [0.25, 0.3) is 0 Å². The third-order valence-electron chi connectivity index (χ3n) is 5.66. The van der Waals surface area contributed by atoms with Crippen LogP contribution in [-0.2, 0) is 13.0 Å². The van der Waals surface area contributed by atoms with Gasteiger partial charge in [-0.05, 0) is 56.8 Å². The molecule has 3 heterocycles. The van der Waals surface area contributed by atoms with Gasteiger partial charge in [0.2, 0.25) is 0 Å². The van der Waals surface area contributed by atoms with Crippen LogP contribution in [0.3, 0.4) is 0 Å². The normalized spacial score (nSPS) is 18.7. The number of guanidine groups is 1. The van der Waals surface area contributed by atoms with E-state index in [9.17, 15) is 0 Å². The van der Waals surface area contributed by atoms with E-state index in [1.807, 2.05) is 7.05 Å². The van der Waals surface area contributed by atoms with Gasteiger partial charge in [-0.3, -0.25) is 9.89 Å². The first-order valence-corrected chi connectivity index (χ1v) is 10.8. The molecule has 6 heteroatoms. The molecule has 1 aromatic heterocycles. The lowest BCUT2D eigenvalue weighted by atomic mass is 9.97. The number of hydrogen-bond donors (Lipinski definition) is 1. The molecule has 2 aliphatic rings. The summed E-state index contributed by atoms with van der Waals surface area (Å²) in [5, 5.41) is 7.00. The van der Waals surface area contributed by atoms with Gasteiger partial charge in [0, 0.05) is 37.7 Å². The van der Waals surface area contributed by atoms with Gasteiger partial charge in [0.05, 0.1) is 10.7 Å². The van der Waals surface area contributed by atoms with E-state index >= 15 is 0 Å². The number of thiazole rings is 1. The summed E-state index contributed by atoms with van der Waals surface area (Å²) in [7, 11) is 1.89. The SMILES string of the molecule is CN=C(NCC1CCN(Cc2csc(C)n2)CC1)N1CCc2ccccc21. The van der Waals surface area contributed by atoms with E-state index in [1.165, 1.54) is 34.8 Å². The van der Waals surface area contributed by atoms with Crippen molar-refractivity contribution in [3.05, 3.63) is 45.9 Å². The second kappa shape index (κ2) is 8.40. The summed E-state index contributed by atoms with van der Waals surface area (Å²) < 4.78 is 0. The first-order valence-electron chi connectivity index (χ1n) is 9.92. The quantitative estimate of drug-likeness (QED) is 0.650. The number of piperidine rings is 1. The van der Waals surface area contributed by atoms with Crippen molar-refractivity contribution in [1.29, 1.82) is 0 Å². The summed E-state index contributed by atoms with van der Waals surface area (Å²) in [6.45, 7) is 7.43. The molecule has 1 fully saturated rings. The zero-order valence-corrected chi connectivity index (χ0v) is 17.1. The predicted molar refractivity (Wildman–Crippen MR) is 114 cm³/mol. The van der Waals surface area contributed by atoms with E-state index < -0.39 is 0 Å². The summed E-state index contributed by atoms with van der Waals surface area (Å²) in [6.07, 6.45) is 3.58. The minimum absolute atomic E-state index is 0.716. The molecule has 5 nitrogen and oxygen atoms in total. The lowest BCUT2D eigenvalue weighted by Crippen LogP contribution is -2.44. The molecule has 1 N–H and O–H groups in total. The second-order valence-electron chi connectivity index (χ2n) is 7.54. The summed E-state index contributed by atoms with van der Waals surface area (Å²) in [4.78, 5) is 14.0. The van der Waals surface area contributed by atoms with Crippen molar-refractivity contribution in [1.82, 2.24) is 15.2 Å². The molecule has 0 atom stereocenters. The van der Waals surface area contributed by atoms with Crippen molar-refractivity contribution < 1.29 is 0 Å². The Kier molecular flexibility index (Phi) is 5.74. The van der Waals surface area contributed by atoms with Gasteiger partial charge >= 0.3 is 0 Å². The van der Waals surface area contributed by atoms with E-state index in [1.54, 1.807) is 11.3 Å². The minimum Gasteiger partial charge on any atom is -0.356 e. The Morgan fingerprint density at radius 1 is 1.26 bits per heavy atom. The maximum atomic E-state index is 4.60. The van der Waals surface area contributed by atoms with Crippen molar-refractivity contribution in [2.75, 3.05) is 38.1 Å². The van der Waals surface area contributed by atoms with E-state index in [0.717, 1.165) is 45.1 Å². The Labute approximate surface area is 166 Å². The van der Waals surface area contributed by atoms with Crippen LogP contribution in [0.5, 0.6) is 0 Å². The molecule has 0 bridgehead atoms. The van der Waals surface area contributed by atoms with Crippen LogP contribution in [0, 0.1) is 12.8 Å². The minimum atomic E-state index is 0.716. The van der Waals surface area contributed by atoms with Crippen LogP contribution in [0.2, 0.25) is 0 Å². The first kappa shape index (κ1) is 18.4. The van der Waals surface area contributed by atoms with E-state index in [2.05, 4.69) is 61.7 Å². The molecule has 1 aromatic carbocycles. The lowest BCUT2D eigenvalue weighted by Gasteiger charge is -2.32. The van der Waals surface area contributed by atoms with Crippen molar-refractivity contribution in [3.8, 4) is 0 Å². The number of aliphatic imine (C=N–C) groups is 1. The van der Waals surface area contributed by atoms with Crippen molar-refractivity contribution in [3.63, 3.8) is 0 Å². The van der Waals surface area contributed by atoms with Gasteiger partial charge in [0.15, 0.2) is 5.96 Å². The number of fused-ring (bicyclic) bond motifs is 1. The maximum absolute atomic E-state index is 4.60. The monoisotopic (exact) mass is 383 g/mol. The highest BCUT2D eigenvalue weighted by Gasteiger charge is 2.24. The number of para-hydroxylation sites is 1. The van der Waals surface area contributed by atoms with Crippen LogP contribution in [0.4, 0.5) is 5.69 Å². The Hall–Kier alpha value is -1.92.